The van der Waals surface area contributed by atoms with Gasteiger partial charge < -0.3 is 10.2 Å². The fourth-order valence-corrected chi connectivity index (χ4v) is 3.99. The number of nitrogens with zero attached hydrogens (tertiary/aromatic N) is 5. The van der Waals surface area contributed by atoms with Crippen LogP contribution < -0.4 is 15.8 Å². The summed E-state index contributed by atoms with van der Waals surface area (Å²) in [4.78, 5) is 31.8. The first-order chi connectivity index (χ1) is 13.0. The van der Waals surface area contributed by atoms with E-state index in [9.17, 15) is 9.59 Å². The molecule has 4 rings (SSSR count). The number of halogens is 1. The van der Waals surface area contributed by atoms with Crippen LogP contribution in [-0.4, -0.2) is 38.3 Å². The Hall–Kier alpha value is -2.68. The highest BCUT2D eigenvalue weighted by molar-refractivity contribution is 9.10. The SMILES string of the molecule is Cn1nc(Br)c2c(=O)n(CC(=O)Nc3ccccc3N3CCCC3)cnc21. The van der Waals surface area contributed by atoms with Crippen molar-refractivity contribution in [1.82, 2.24) is 19.3 Å². The predicted octanol–water partition coefficient (Wildman–Crippen LogP) is 2.13. The Morgan fingerprint density at radius 3 is 2.78 bits per heavy atom. The van der Waals surface area contributed by atoms with Gasteiger partial charge in [-0.25, -0.2) is 9.67 Å². The van der Waals surface area contributed by atoms with Crippen LogP contribution in [0.3, 0.4) is 0 Å². The maximum absolute atomic E-state index is 12.7. The lowest BCUT2D eigenvalue weighted by Gasteiger charge is -2.21. The van der Waals surface area contributed by atoms with Gasteiger partial charge in [0.05, 0.1) is 11.4 Å². The Labute approximate surface area is 163 Å². The number of para-hydroxylation sites is 2. The zero-order valence-corrected chi connectivity index (χ0v) is 16.4. The van der Waals surface area contributed by atoms with Gasteiger partial charge in [0.2, 0.25) is 5.91 Å². The first-order valence-electron chi connectivity index (χ1n) is 8.76. The molecule has 1 saturated heterocycles. The molecule has 0 saturated carbocycles. The lowest BCUT2D eigenvalue weighted by Crippen LogP contribution is -2.28. The zero-order chi connectivity index (χ0) is 19.0. The Balaban J connectivity index is 1.57. The summed E-state index contributed by atoms with van der Waals surface area (Å²) in [6.07, 6.45) is 3.69. The fourth-order valence-electron chi connectivity index (χ4n) is 3.41. The van der Waals surface area contributed by atoms with Crippen LogP contribution in [-0.2, 0) is 18.4 Å². The van der Waals surface area contributed by atoms with E-state index in [1.807, 2.05) is 24.3 Å². The molecule has 0 radical (unpaired) electrons. The van der Waals surface area contributed by atoms with Crippen molar-refractivity contribution in [3.8, 4) is 0 Å². The number of aryl methyl sites for hydroxylation is 1. The van der Waals surface area contributed by atoms with Crippen molar-refractivity contribution >= 4 is 44.2 Å². The van der Waals surface area contributed by atoms with Crippen molar-refractivity contribution in [2.24, 2.45) is 7.05 Å². The molecule has 8 nitrogen and oxygen atoms in total. The van der Waals surface area contributed by atoms with Crippen molar-refractivity contribution in [2.45, 2.75) is 19.4 Å². The number of carbonyl (C=O) groups excluding carboxylic acids is 1. The minimum Gasteiger partial charge on any atom is -0.370 e. The van der Waals surface area contributed by atoms with Gasteiger partial charge in [-0.1, -0.05) is 12.1 Å². The number of aromatic nitrogens is 4. The van der Waals surface area contributed by atoms with Crippen LogP contribution >= 0.6 is 15.9 Å². The van der Waals surface area contributed by atoms with Gasteiger partial charge in [-0.05, 0) is 40.9 Å². The highest BCUT2D eigenvalue weighted by atomic mass is 79.9. The molecule has 0 unspecified atom stereocenters. The van der Waals surface area contributed by atoms with Crippen LogP contribution in [0.1, 0.15) is 12.8 Å². The number of carbonyl (C=O) groups is 1. The number of anilines is 2. The Bertz CT molecular complexity index is 1070. The van der Waals surface area contributed by atoms with E-state index < -0.39 is 0 Å². The number of fused-ring (bicyclic) bond motifs is 1. The van der Waals surface area contributed by atoms with Crippen molar-refractivity contribution in [3.05, 3.63) is 45.5 Å². The molecule has 1 aliphatic heterocycles. The molecule has 0 spiro atoms. The van der Waals surface area contributed by atoms with Crippen LogP contribution in [0.15, 0.2) is 40.0 Å². The van der Waals surface area contributed by atoms with Gasteiger partial charge in [0.25, 0.3) is 5.56 Å². The van der Waals surface area contributed by atoms with Gasteiger partial charge in [-0.3, -0.25) is 14.2 Å². The van der Waals surface area contributed by atoms with E-state index in [1.165, 1.54) is 15.6 Å². The predicted molar refractivity (Wildman–Crippen MR) is 107 cm³/mol. The summed E-state index contributed by atoms with van der Waals surface area (Å²) in [5.74, 6) is -0.273. The van der Waals surface area contributed by atoms with Gasteiger partial charge in [0.1, 0.15) is 22.9 Å². The molecular formula is C18H19BrN6O2. The molecule has 0 aliphatic carbocycles. The summed E-state index contributed by atoms with van der Waals surface area (Å²) in [7, 11) is 1.71. The zero-order valence-electron chi connectivity index (χ0n) is 14.9. The largest absolute Gasteiger partial charge is 0.370 e. The second-order valence-corrected chi connectivity index (χ2v) is 7.30. The van der Waals surface area contributed by atoms with Crippen molar-refractivity contribution < 1.29 is 4.79 Å². The molecule has 3 aromatic rings. The van der Waals surface area contributed by atoms with E-state index in [-0.39, 0.29) is 18.0 Å². The van der Waals surface area contributed by atoms with Crippen LogP contribution in [0, 0.1) is 0 Å². The molecule has 2 aromatic heterocycles. The average Bonchev–Trinajstić information content (AvgIpc) is 3.26. The van der Waals surface area contributed by atoms with Crippen molar-refractivity contribution in [3.63, 3.8) is 0 Å². The van der Waals surface area contributed by atoms with E-state index in [0.29, 0.717) is 15.6 Å². The van der Waals surface area contributed by atoms with Gasteiger partial charge in [-0.2, -0.15) is 5.10 Å². The third-order valence-corrected chi connectivity index (χ3v) is 5.26. The van der Waals surface area contributed by atoms with Gasteiger partial charge in [0, 0.05) is 20.1 Å². The van der Waals surface area contributed by atoms with Crippen LogP contribution in [0.4, 0.5) is 11.4 Å². The average molecular weight is 431 g/mol. The third-order valence-electron chi connectivity index (χ3n) is 4.71. The summed E-state index contributed by atoms with van der Waals surface area (Å²) in [6, 6.07) is 7.74. The number of nitrogens with one attached hydrogen (secondary N) is 1. The molecule has 9 heteroatoms. The molecule has 0 bridgehead atoms. The highest BCUT2D eigenvalue weighted by Crippen LogP contribution is 2.28. The van der Waals surface area contributed by atoms with Crippen LogP contribution in [0.5, 0.6) is 0 Å². The molecule has 1 aromatic carbocycles. The monoisotopic (exact) mass is 430 g/mol. The third kappa shape index (κ3) is 3.34. The lowest BCUT2D eigenvalue weighted by atomic mass is 10.2. The normalized spacial score (nSPS) is 14.1. The minimum atomic E-state index is -0.303. The van der Waals surface area contributed by atoms with E-state index >= 15 is 0 Å². The molecular weight excluding hydrogens is 412 g/mol. The second kappa shape index (κ2) is 7.15. The van der Waals surface area contributed by atoms with Crippen molar-refractivity contribution in [2.75, 3.05) is 23.3 Å². The molecule has 1 amide bonds. The Morgan fingerprint density at radius 1 is 1.26 bits per heavy atom. The topological polar surface area (TPSA) is 85.0 Å². The Morgan fingerprint density at radius 2 is 2.00 bits per heavy atom. The second-order valence-electron chi connectivity index (χ2n) is 6.55. The minimum absolute atomic E-state index is 0.114. The highest BCUT2D eigenvalue weighted by Gasteiger charge is 2.18. The first kappa shape index (κ1) is 17.7. The van der Waals surface area contributed by atoms with Crippen LogP contribution in [0.25, 0.3) is 11.0 Å². The summed E-state index contributed by atoms with van der Waals surface area (Å²) < 4.78 is 3.24. The summed E-state index contributed by atoms with van der Waals surface area (Å²) in [5.41, 5.74) is 1.94. The van der Waals surface area contributed by atoms with Gasteiger partial charge in [0.15, 0.2) is 5.65 Å². The number of benzene rings is 1. The molecule has 140 valence electrons. The standard InChI is InChI=1S/C18H19BrN6O2/c1-23-17-15(16(19)22-23)18(27)25(11-20-17)10-14(26)21-12-6-2-3-7-13(12)24-8-4-5-9-24/h2-3,6-7,11H,4-5,8-10H2,1H3,(H,21,26). The first-order valence-corrected chi connectivity index (χ1v) is 9.55. The quantitative estimate of drug-likeness (QED) is 0.684. The van der Waals surface area contributed by atoms with E-state index in [2.05, 4.69) is 36.2 Å². The molecule has 1 aliphatic rings. The number of hydrogen-bond donors (Lipinski definition) is 1. The summed E-state index contributed by atoms with van der Waals surface area (Å²) in [6.45, 7) is 1.86. The molecule has 27 heavy (non-hydrogen) atoms. The Kier molecular flexibility index (Phi) is 4.69. The van der Waals surface area contributed by atoms with Gasteiger partial charge in [-0.15, -0.1) is 0 Å². The van der Waals surface area contributed by atoms with Crippen LogP contribution in [0.2, 0.25) is 0 Å². The number of hydrogen-bond acceptors (Lipinski definition) is 5. The molecule has 3 heterocycles. The number of amides is 1. The fraction of sp³-hybridized carbons (Fsp3) is 0.333. The summed E-state index contributed by atoms with van der Waals surface area (Å²) in [5, 5.41) is 7.44. The van der Waals surface area contributed by atoms with E-state index in [0.717, 1.165) is 37.3 Å². The smallest absolute Gasteiger partial charge is 0.266 e. The maximum atomic E-state index is 12.7. The summed E-state index contributed by atoms with van der Waals surface area (Å²) >= 11 is 3.28. The molecule has 1 N–H and O–H groups in total. The molecule has 0 atom stereocenters. The van der Waals surface area contributed by atoms with E-state index in [1.54, 1.807) is 7.05 Å². The molecule has 1 fully saturated rings. The van der Waals surface area contributed by atoms with Gasteiger partial charge >= 0.3 is 0 Å². The lowest BCUT2D eigenvalue weighted by molar-refractivity contribution is -0.116. The van der Waals surface area contributed by atoms with Crippen molar-refractivity contribution in [1.29, 1.82) is 0 Å². The maximum Gasteiger partial charge on any atom is 0.266 e. The van der Waals surface area contributed by atoms with E-state index in [4.69, 9.17) is 0 Å². The number of rotatable bonds is 4.